The Hall–Kier alpha value is -1.10. The van der Waals surface area contributed by atoms with Gasteiger partial charge in [0.05, 0.1) is 6.54 Å². The number of guanidine groups is 1. The maximum Gasteiger partial charge on any atom is 0.186 e. The van der Waals surface area contributed by atoms with Gasteiger partial charge in [-0.15, -0.1) is 17.0 Å². The fraction of sp³-hybridized carbons (Fsp3) is 0.143. The van der Waals surface area contributed by atoms with Gasteiger partial charge in [-0.25, -0.2) is 4.99 Å². The Kier molecular flexibility index (Phi) is 5.03. The van der Waals surface area contributed by atoms with Crippen molar-refractivity contribution in [2.45, 2.75) is 6.54 Å². The molecule has 0 spiro atoms. The standard InChI is InChI=1S/C7H10N4.BrH/c8-7(9)11-5-6-2-1-3-10-4-6;/h1-4H,5H2,(H4,8,9,11);1H. The molecule has 12 heavy (non-hydrogen) atoms. The second kappa shape index (κ2) is 5.54. The van der Waals surface area contributed by atoms with E-state index in [1.54, 1.807) is 12.4 Å². The summed E-state index contributed by atoms with van der Waals surface area (Å²) in [7, 11) is 0. The van der Waals surface area contributed by atoms with Crippen molar-refractivity contribution in [3.05, 3.63) is 30.1 Å². The Labute approximate surface area is 81.5 Å². The monoisotopic (exact) mass is 230 g/mol. The molecule has 0 fully saturated rings. The highest BCUT2D eigenvalue weighted by molar-refractivity contribution is 8.93. The Balaban J connectivity index is 0.00000121. The van der Waals surface area contributed by atoms with Crippen LogP contribution in [0.1, 0.15) is 5.56 Å². The fourth-order valence-corrected chi connectivity index (χ4v) is 0.674. The summed E-state index contributed by atoms with van der Waals surface area (Å²) in [5, 5.41) is 0. The molecule has 0 saturated carbocycles. The highest BCUT2D eigenvalue weighted by Gasteiger charge is 1.87. The third-order valence-electron chi connectivity index (χ3n) is 1.17. The van der Waals surface area contributed by atoms with Gasteiger partial charge in [-0.05, 0) is 11.6 Å². The average Bonchev–Trinajstić information content (AvgIpc) is 2.03. The van der Waals surface area contributed by atoms with Crippen LogP contribution in [0.15, 0.2) is 29.5 Å². The van der Waals surface area contributed by atoms with E-state index < -0.39 is 0 Å². The van der Waals surface area contributed by atoms with Gasteiger partial charge in [-0.1, -0.05) is 6.07 Å². The first-order valence-corrected chi connectivity index (χ1v) is 3.23. The summed E-state index contributed by atoms with van der Waals surface area (Å²) in [6.07, 6.45) is 3.44. The van der Waals surface area contributed by atoms with E-state index in [1.807, 2.05) is 12.1 Å². The first-order valence-electron chi connectivity index (χ1n) is 3.23. The normalized spacial score (nSPS) is 8.33. The zero-order valence-electron chi connectivity index (χ0n) is 6.47. The lowest BCUT2D eigenvalue weighted by Crippen LogP contribution is -2.22. The molecule has 1 aromatic heterocycles. The maximum absolute atomic E-state index is 5.15. The van der Waals surface area contributed by atoms with Gasteiger partial charge < -0.3 is 11.5 Å². The van der Waals surface area contributed by atoms with Crippen LogP contribution in [-0.2, 0) is 6.54 Å². The molecule has 0 unspecified atom stereocenters. The summed E-state index contributed by atoms with van der Waals surface area (Å²) < 4.78 is 0. The second-order valence-electron chi connectivity index (χ2n) is 2.10. The Bertz CT molecular complexity index is 243. The number of aromatic nitrogens is 1. The van der Waals surface area contributed by atoms with Gasteiger partial charge >= 0.3 is 0 Å². The van der Waals surface area contributed by atoms with Crippen LogP contribution in [0.3, 0.4) is 0 Å². The van der Waals surface area contributed by atoms with Crippen LogP contribution in [-0.4, -0.2) is 10.9 Å². The summed E-state index contributed by atoms with van der Waals surface area (Å²) in [4.78, 5) is 7.74. The molecular formula is C7H11BrN4. The van der Waals surface area contributed by atoms with Crippen molar-refractivity contribution in [1.29, 1.82) is 0 Å². The molecule has 0 aliphatic rings. The van der Waals surface area contributed by atoms with E-state index in [9.17, 15) is 0 Å². The Morgan fingerprint density at radius 2 is 2.25 bits per heavy atom. The largest absolute Gasteiger partial charge is 0.370 e. The van der Waals surface area contributed by atoms with Crippen molar-refractivity contribution in [3.63, 3.8) is 0 Å². The molecule has 5 heteroatoms. The number of hydrogen-bond acceptors (Lipinski definition) is 2. The number of nitrogens with two attached hydrogens (primary N) is 2. The number of rotatable bonds is 2. The van der Waals surface area contributed by atoms with Crippen LogP contribution in [0.5, 0.6) is 0 Å². The molecule has 0 aromatic carbocycles. The highest BCUT2D eigenvalue weighted by Crippen LogP contribution is 1.96. The smallest absolute Gasteiger partial charge is 0.186 e. The van der Waals surface area contributed by atoms with Crippen molar-refractivity contribution in [2.24, 2.45) is 16.5 Å². The molecule has 4 N–H and O–H groups in total. The maximum atomic E-state index is 5.15. The van der Waals surface area contributed by atoms with E-state index in [1.165, 1.54) is 0 Å². The van der Waals surface area contributed by atoms with Crippen LogP contribution >= 0.6 is 17.0 Å². The SMILES string of the molecule is Br.NC(N)=NCc1cccnc1. The molecule has 0 radical (unpaired) electrons. The predicted molar refractivity (Wildman–Crippen MR) is 54.1 cm³/mol. The predicted octanol–water partition coefficient (Wildman–Crippen LogP) is 0.433. The Morgan fingerprint density at radius 3 is 2.75 bits per heavy atom. The molecule has 1 rings (SSSR count). The highest BCUT2D eigenvalue weighted by atomic mass is 79.9. The molecule has 1 aromatic rings. The lowest BCUT2D eigenvalue weighted by molar-refractivity contribution is 1.03. The zero-order chi connectivity index (χ0) is 8.10. The lowest BCUT2D eigenvalue weighted by atomic mass is 10.3. The zero-order valence-corrected chi connectivity index (χ0v) is 8.19. The molecule has 4 nitrogen and oxygen atoms in total. The summed E-state index contributed by atoms with van der Waals surface area (Å²) in [6, 6.07) is 3.76. The molecule has 0 aliphatic heterocycles. The van der Waals surface area contributed by atoms with Gasteiger partial charge in [-0.2, -0.15) is 0 Å². The minimum Gasteiger partial charge on any atom is -0.370 e. The number of hydrogen-bond donors (Lipinski definition) is 2. The summed E-state index contributed by atoms with van der Waals surface area (Å²) >= 11 is 0. The van der Waals surface area contributed by atoms with Gasteiger partial charge in [0.1, 0.15) is 0 Å². The van der Waals surface area contributed by atoms with Crippen LogP contribution in [0.2, 0.25) is 0 Å². The molecule has 0 amide bonds. The van der Waals surface area contributed by atoms with E-state index in [2.05, 4.69) is 9.98 Å². The van der Waals surface area contributed by atoms with Crippen LogP contribution in [0.25, 0.3) is 0 Å². The number of halogens is 1. The Morgan fingerprint density at radius 1 is 1.50 bits per heavy atom. The van der Waals surface area contributed by atoms with Crippen molar-refractivity contribution >= 4 is 22.9 Å². The van der Waals surface area contributed by atoms with Crippen molar-refractivity contribution in [3.8, 4) is 0 Å². The van der Waals surface area contributed by atoms with Gasteiger partial charge in [0.25, 0.3) is 0 Å². The molecule has 0 saturated heterocycles. The van der Waals surface area contributed by atoms with Gasteiger partial charge in [0, 0.05) is 12.4 Å². The first kappa shape index (κ1) is 10.9. The fourth-order valence-electron chi connectivity index (χ4n) is 0.674. The number of pyridine rings is 1. The van der Waals surface area contributed by atoms with E-state index in [0.717, 1.165) is 5.56 Å². The topological polar surface area (TPSA) is 77.3 Å². The summed E-state index contributed by atoms with van der Waals surface area (Å²) in [5.41, 5.74) is 11.3. The molecular weight excluding hydrogens is 220 g/mol. The number of aliphatic imine (C=N–C) groups is 1. The van der Waals surface area contributed by atoms with Gasteiger partial charge in [0.15, 0.2) is 5.96 Å². The minimum absolute atomic E-state index is 0. The van der Waals surface area contributed by atoms with E-state index in [-0.39, 0.29) is 22.9 Å². The quantitative estimate of drug-likeness (QED) is 0.572. The van der Waals surface area contributed by atoms with Crippen LogP contribution in [0.4, 0.5) is 0 Å². The first-order chi connectivity index (χ1) is 5.29. The van der Waals surface area contributed by atoms with Gasteiger partial charge in [-0.3, -0.25) is 4.98 Å². The number of nitrogens with zero attached hydrogens (tertiary/aromatic N) is 2. The van der Waals surface area contributed by atoms with E-state index >= 15 is 0 Å². The third kappa shape index (κ3) is 3.92. The van der Waals surface area contributed by atoms with E-state index in [4.69, 9.17) is 11.5 Å². The van der Waals surface area contributed by atoms with Crippen molar-refractivity contribution in [2.75, 3.05) is 0 Å². The van der Waals surface area contributed by atoms with Crippen LogP contribution in [0, 0.1) is 0 Å². The lowest BCUT2D eigenvalue weighted by Gasteiger charge is -1.93. The van der Waals surface area contributed by atoms with Crippen molar-refractivity contribution in [1.82, 2.24) is 4.98 Å². The third-order valence-corrected chi connectivity index (χ3v) is 1.17. The second-order valence-corrected chi connectivity index (χ2v) is 2.10. The average molecular weight is 231 g/mol. The molecule has 1 heterocycles. The van der Waals surface area contributed by atoms with Crippen molar-refractivity contribution < 1.29 is 0 Å². The molecule has 0 atom stereocenters. The van der Waals surface area contributed by atoms with Crippen LogP contribution < -0.4 is 11.5 Å². The minimum atomic E-state index is 0. The molecule has 0 aliphatic carbocycles. The van der Waals surface area contributed by atoms with Gasteiger partial charge in [0.2, 0.25) is 0 Å². The summed E-state index contributed by atoms with van der Waals surface area (Å²) in [6.45, 7) is 0.496. The molecule has 66 valence electrons. The molecule has 0 bridgehead atoms. The van der Waals surface area contributed by atoms with E-state index in [0.29, 0.717) is 6.54 Å². The summed E-state index contributed by atoms with van der Waals surface area (Å²) in [5.74, 6) is 0.105.